The summed E-state index contributed by atoms with van der Waals surface area (Å²) in [5.74, 6) is 1.23. The number of piperazine rings is 1. The molecule has 1 amide bonds. The van der Waals surface area contributed by atoms with Crippen molar-refractivity contribution in [2.24, 2.45) is 4.99 Å². The van der Waals surface area contributed by atoms with Gasteiger partial charge in [-0.1, -0.05) is 41.4 Å². The monoisotopic (exact) mass is 463 g/mol. The first-order valence-electron chi connectivity index (χ1n) is 10.5. The summed E-state index contributed by atoms with van der Waals surface area (Å²) in [5, 5.41) is 1.51. The van der Waals surface area contributed by atoms with E-state index >= 15 is 0 Å². The van der Waals surface area contributed by atoms with Gasteiger partial charge in [0.15, 0.2) is 5.17 Å². The number of amides is 1. The van der Waals surface area contributed by atoms with Crippen molar-refractivity contribution in [3.05, 3.63) is 81.9 Å². The molecule has 3 aromatic rings. The van der Waals surface area contributed by atoms with Gasteiger partial charge in [0.2, 0.25) is 0 Å². The van der Waals surface area contributed by atoms with Gasteiger partial charge in [0.1, 0.15) is 11.5 Å². The molecule has 1 fully saturated rings. The van der Waals surface area contributed by atoms with Gasteiger partial charge >= 0.3 is 0 Å². The first-order chi connectivity index (χ1) is 15.5. The van der Waals surface area contributed by atoms with E-state index in [4.69, 9.17) is 16.0 Å². The highest BCUT2D eigenvalue weighted by Gasteiger charge is 2.28. The quantitative estimate of drug-likeness (QED) is 0.466. The zero-order valence-electron chi connectivity index (χ0n) is 17.6. The molecule has 2 aromatic carbocycles. The van der Waals surface area contributed by atoms with E-state index in [0.29, 0.717) is 10.7 Å². The highest BCUT2D eigenvalue weighted by molar-refractivity contribution is 8.18. The van der Waals surface area contributed by atoms with Crippen LogP contribution in [0.2, 0.25) is 5.02 Å². The van der Waals surface area contributed by atoms with E-state index in [1.165, 1.54) is 17.3 Å². The smallest absolute Gasteiger partial charge is 0.286 e. The Morgan fingerprint density at radius 1 is 0.938 bits per heavy atom. The second-order valence-electron chi connectivity index (χ2n) is 7.83. The fourth-order valence-electron chi connectivity index (χ4n) is 3.77. The Morgan fingerprint density at radius 3 is 2.34 bits per heavy atom. The SMILES string of the molecule is Cc1ccc(-c2ccc(/C=C3/SC(N4CCN(c5ccc(Cl)cc5)CC4)=NC3=O)o2)cc1. The van der Waals surface area contributed by atoms with Crippen molar-refractivity contribution in [3.63, 3.8) is 0 Å². The van der Waals surface area contributed by atoms with Crippen molar-refractivity contribution in [1.82, 2.24) is 4.90 Å². The van der Waals surface area contributed by atoms with Crippen LogP contribution in [0, 0.1) is 6.92 Å². The summed E-state index contributed by atoms with van der Waals surface area (Å²) >= 11 is 7.41. The standard InChI is InChI=1S/C25H22ClN3O2S/c1-17-2-4-18(5-3-17)22-11-10-21(31-22)16-23-24(30)27-25(32-23)29-14-12-28(13-15-29)20-8-6-19(26)7-9-20/h2-11,16H,12-15H2,1H3/b23-16+. The maximum atomic E-state index is 12.5. The molecular formula is C25H22ClN3O2S. The first-order valence-corrected chi connectivity index (χ1v) is 11.7. The second kappa shape index (κ2) is 8.88. The van der Waals surface area contributed by atoms with Crippen molar-refractivity contribution < 1.29 is 9.21 Å². The minimum Gasteiger partial charge on any atom is -0.457 e. The molecule has 0 unspecified atom stereocenters. The minimum atomic E-state index is -0.210. The highest BCUT2D eigenvalue weighted by atomic mass is 35.5. The van der Waals surface area contributed by atoms with Crippen LogP contribution in [0.4, 0.5) is 5.69 Å². The summed E-state index contributed by atoms with van der Waals surface area (Å²) in [7, 11) is 0. The van der Waals surface area contributed by atoms with E-state index in [1.54, 1.807) is 6.08 Å². The lowest BCUT2D eigenvalue weighted by atomic mass is 10.1. The Hall–Kier alpha value is -2.96. The topological polar surface area (TPSA) is 49.0 Å². The average molecular weight is 464 g/mol. The lowest BCUT2D eigenvalue weighted by molar-refractivity contribution is -0.113. The zero-order chi connectivity index (χ0) is 22.1. The van der Waals surface area contributed by atoms with Crippen LogP contribution in [0.5, 0.6) is 0 Å². The molecule has 1 saturated heterocycles. The van der Waals surface area contributed by atoms with Crippen LogP contribution in [0.25, 0.3) is 17.4 Å². The number of carbonyl (C=O) groups excluding carboxylic acids is 1. The Morgan fingerprint density at radius 2 is 1.62 bits per heavy atom. The maximum absolute atomic E-state index is 12.5. The minimum absolute atomic E-state index is 0.210. The Labute approximate surface area is 196 Å². The van der Waals surface area contributed by atoms with Crippen molar-refractivity contribution in [2.75, 3.05) is 31.1 Å². The molecule has 2 aliphatic rings. The second-order valence-corrected chi connectivity index (χ2v) is 9.27. The molecule has 5 rings (SSSR count). The number of hydrogen-bond acceptors (Lipinski definition) is 5. The van der Waals surface area contributed by atoms with E-state index in [2.05, 4.69) is 33.8 Å². The maximum Gasteiger partial charge on any atom is 0.286 e. The molecule has 0 spiro atoms. The van der Waals surface area contributed by atoms with Gasteiger partial charge in [0.05, 0.1) is 4.91 Å². The number of hydrogen-bond donors (Lipinski definition) is 0. The molecule has 162 valence electrons. The van der Waals surface area contributed by atoms with Gasteiger partial charge in [-0.25, -0.2) is 0 Å². The van der Waals surface area contributed by atoms with Gasteiger partial charge in [0.25, 0.3) is 5.91 Å². The fraction of sp³-hybridized carbons (Fsp3) is 0.200. The lowest BCUT2D eigenvalue weighted by Crippen LogP contribution is -2.47. The predicted molar refractivity (Wildman–Crippen MR) is 132 cm³/mol. The Kier molecular flexibility index (Phi) is 5.81. The van der Waals surface area contributed by atoms with Crippen LogP contribution in [0.1, 0.15) is 11.3 Å². The lowest BCUT2D eigenvalue weighted by Gasteiger charge is -2.36. The molecule has 0 atom stereocenters. The number of carbonyl (C=O) groups is 1. The average Bonchev–Trinajstić information content (AvgIpc) is 3.42. The van der Waals surface area contributed by atoms with Crippen molar-refractivity contribution in [2.45, 2.75) is 6.92 Å². The number of aryl methyl sites for hydroxylation is 1. The van der Waals surface area contributed by atoms with E-state index in [1.807, 2.05) is 48.5 Å². The van der Waals surface area contributed by atoms with Gasteiger partial charge in [-0.2, -0.15) is 4.99 Å². The molecule has 0 radical (unpaired) electrons. The molecule has 2 aliphatic heterocycles. The number of amidine groups is 1. The van der Waals surface area contributed by atoms with Crippen LogP contribution in [0.15, 0.2) is 75.0 Å². The normalized spacial score (nSPS) is 17.9. The molecule has 1 aromatic heterocycles. The summed E-state index contributed by atoms with van der Waals surface area (Å²) in [6.45, 7) is 5.42. The number of aliphatic imine (C=N–C) groups is 1. The summed E-state index contributed by atoms with van der Waals surface area (Å²) in [6, 6.07) is 19.9. The molecule has 0 saturated carbocycles. The van der Waals surface area contributed by atoms with Crippen LogP contribution >= 0.6 is 23.4 Å². The largest absolute Gasteiger partial charge is 0.457 e. The molecule has 0 aliphatic carbocycles. The third kappa shape index (κ3) is 4.47. The number of nitrogens with zero attached hydrogens (tertiary/aromatic N) is 3. The highest BCUT2D eigenvalue weighted by Crippen LogP contribution is 2.32. The number of benzene rings is 2. The van der Waals surface area contributed by atoms with Crippen LogP contribution in [-0.4, -0.2) is 42.2 Å². The first kappa shape index (κ1) is 20.9. The summed E-state index contributed by atoms with van der Waals surface area (Å²) in [6.07, 6.45) is 1.78. The molecule has 0 bridgehead atoms. The van der Waals surface area contributed by atoms with Crippen LogP contribution in [0.3, 0.4) is 0 Å². The summed E-state index contributed by atoms with van der Waals surface area (Å²) in [4.78, 5) is 21.9. The van der Waals surface area contributed by atoms with E-state index in [0.717, 1.165) is 53.4 Å². The molecular weight excluding hydrogens is 442 g/mol. The molecule has 0 N–H and O–H groups in total. The summed E-state index contributed by atoms with van der Waals surface area (Å²) in [5.41, 5.74) is 3.38. The number of thioether (sulfide) groups is 1. The number of rotatable bonds is 3. The van der Waals surface area contributed by atoms with Gasteiger partial charge in [-0.15, -0.1) is 0 Å². The number of anilines is 1. The molecule has 3 heterocycles. The van der Waals surface area contributed by atoms with Crippen molar-refractivity contribution in [3.8, 4) is 11.3 Å². The number of halogens is 1. The van der Waals surface area contributed by atoms with E-state index < -0.39 is 0 Å². The molecule has 32 heavy (non-hydrogen) atoms. The van der Waals surface area contributed by atoms with Gasteiger partial charge in [-0.3, -0.25) is 4.79 Å². The van der Waals surface area contributed by atoms with E-state index in [-0.39, 0.29) is 5.91 Å². The van der Waals surface area contributed by atoms with Gasteiger partial charge in [0, 0.05) is 48.5 Å². The fourth-order valence-corrected chi connectivity index (χ4v) is 4.84. The molecule has 5 nitrogen and oxygen atoms in total. The van der Waals surface area contributed by atoms with Crippen molar-refractivity contribution >= 4 is 46.2 Å². The third-order valence-electron chi connectivity index (χ3n) is 5.59. The summed E-state index contributed by atoms with van der Waals surface area (Å²) < 4.78 is 5.95. The molecule has 7 heteroatoms. The number of furan rings is 1. The zero-order valence-corrected chi connectivity index (χ0v) is 19.2. The Balaban J connectivity index is 1.22. The van der Waals surface area contributed by atoms with Crippen LogP contribution in [-0.2, 0) is 4.79 Å². The third-order valence-corrected chi connectivity index (χ3v) is 6.88. The van der Waals surface area contributed by atoms with Crippen LogP contribution < -0.4 is 4.90 Å². The predicted octanol–water partition coefficient (Wildman–Crippen LogP) is 5.70. The van der Waals surface area contributed by atoms with Gasteiger partial charge in [-0.05, 0) is 55.1 Å². The van der Waals surface area contributed by atoms with Crippen molar-refractivity contribution in [1.29, 1.82) is 0 Å². The van der Waals surface area contributed by atoms with E-state index in [9.17, 15) is 4.79 Å². The Bertz CT molecular complexity index is 1190. The van der Waals surface area contributed by atoms with Gasteiger partial charge < -0.3 is 14.2 Å².